The Hall–Kier alpha value is -1.51. The van der Waals surface area contributed by atoms with Crippen molar-refractivity contribution in [3.05, 3.63) is 29.8 Å². The van der Waals surface area contributed by atoms with E-state index in [2.05, 4.69) is 10.6 Å². The van der Waals surface area contributed by atoms with E-state index in [4.69, 9.17) is 9.47 Å². The molecule has 1 aliphatic rings. The summed E-state index contributed by atoms with van der Waals surface area (Å²) in [6.07, 6.45) is -4.47. The second kappa shape index (κ2) is 8.95. The molecule has 1 aromatic carbocycles. The summed E-state index contributed by atoms with van der Waals surface area (Å²) in [6, 6.07) is 4.54. The maximum absolute atomic E-state index is 12.8. The van der Waals surface area contributed by atoms with E-state index in [-0.39, 0.29) is 43.8 Å². The van der Waals surface area contributed by atoms with E-state index in [1.165, 1.54) is 18.2 Å². The van der Waals surface area contributed by atoms with Gasteiger partial charge in [-0.3, -0.25) is 4.79 Å². The van der Waals surface area contributed by atoms with Gasteiger partial charge in [-0.15, -0.1) is 12.4 Å². The van der Waals surface area contributed by atoms with Crippen LogP contribution in [0.25, 0.3) is 0 Å². The number of benzene rings is 1. The fourth-order valence-electron chi connectivity index (χ4n) is 2.02. The summed E-state index contributed by atoms with van der Waals surface area (Å²) < 4.78 is 48.5. The number of morpholine rings is 1. The van der Waals surface area contributed by atoms with E-state index in [1.54, 1.807) is 0 Å². The lowest BCUT2D eigenvalue weighted by atomic mass is 10.2. The van der Waals surface area contributed by atoms with Gasteiger partial charge in [0, 0.05) is 6.54 Å². The first-order valence-electron chi connectivity index (χ1n) is 6.86. The van der Waals surface area contributed by atoms with Crippen LogP contribution in [0, 0.1) is 0 Å². The monoisotopic (exact) mass is 354 g/mol. The zero-order valence-corrected chi connectivity index (χ0v) is 13.0. The second-order valence-electron chi connectivity index (χ2n) is 4.72. The van der Waals surface area contributed by atoms with Crippen LogP contribution in [0.15, 0.2) is 24.3 Å². The maximum atomic E-state index is 12.8. The first-order valence-corrected chi connectivity index (χ1v) is 6.86. The molecular formula is C14H18ClF3N2O3. The molecule has 1 saturated heterocycles. The lowest BCUT2D eigenvalue weighted by Gasteiger charge is -2.23. The summed E-state index contributed by atoms with van der Waals surface area (Å²) in [4.78, 5) is 11.7. The van der Waals surface area contributed by atoms with Crippen LogP contribution < -0.4 is 15.4 Å². The molecule has 1 aliphatic heterocycles. The molecule has 1 amide bonds. The average molecular weight is 355 g/mol. The van der Waals surface area contributed by atoms with Crippen LogP contribution in [0.1, 0.15) is 5.56 Å². The quantitative estimate of drug-likeness (QED) is 0.789. The van der Waals surface area contributed by atoms with Crippen molar-refractivity contribution in [1.29, 1.82) is 0 Å². The fourth-order valence-corrected chi connectivity index (χ4v) is 2.02. The van der Waals surface area contributed by atoms with Crippen molar-refractivity contribution in [2.45, 2.75) is 12.2 Å². The minimum atomic E-state index is -4.47. The number of ether oxygens (including phenoxy) is 2. The largest absolute Gasteiger partial charge is 0.491 e. The zero-order valence-electron chi connectivity index (χ0n) is 12.2. The Morgan fingerprint density at radius 1 is 1.39 bits per heavy atom. The van der Waals surface area contributed by atoms with E-state index in [1.807, 2.05) is 0 Å². The highest BCUT2D eigenvalue weighted by Gasteiger charge is 2.33. The molecule has 1 heterocycles. The summed E-state index contributed by atoms with van der Waals surface area (Å²) in [5, 5.41) is 5.57. The molecule has 2 rings (SSSR count). The summed E-state index contributed by atoms with van der Waals surface area (Å²) in [7, 11) is 0. The minimum Gasteiger partial charge on any atom is -0.491 e. The highest BCUT2D eigenvalue weighted by atomic mass is 35.5. The van der Waals surface area contributed by atoms with Gasteiger partial charge in [-0.2, -0.15) is 13.2 Å². The molecule has 23 heavy (non-hydrogen) atoms. The number of hydrogen-bond acceptors (Lipinski definition) is 4. The lowest BCUT2D eigenvalue weighted by molar-refractivity contribution is -0.139. The number of nitrogens with one attached hydrogen (secondary N) is 2. The molecule has 1 fully saturated rings. The number of carbonyl (C=O) groups is 1. The van der Waals surface area contributed by atoms with Gasteiger partial charge in [0.1, 0.15) is 18.4 Å². The minimum absolute atomic E-state index is 0. The Labute approximate surface area is 137 Å². The lowest BCUT2D eigenvalue weighted by Crippen LogP contribution is -2.51. The van der Waals surface area contributed by atoms with Crippen molar-refractivity contribution < 1.29 is 27.4 Å². The van der Waals surface area contributed by atoms with Gasteiger partial charge in [-0.25, -0.2) is 0 Å². The molecule has 9 heteroatoms. The Kier molecular flexibility index (Phi) is 7.60. The Bertz CT molecular complexity index is 508. The zero-order chi connectivity index (χ0) is 16.0. The summed E-state index contributed by atoms with van der Waals surface area (Å²) >= 11 is 0. The molecule has 0 saturated carbocycles. The molecule has 0 spiro atoms. The molecular weight excluding hydrogens is 337 g/mol. The Morgan fingerprint density at radius 3 is 2.78 bits per heavy atom. The van der Waals surface area contributed by atoms with Gasteiger partial charge in [0.25, 0.3) is 0 Å². The maximum Gasteiger partial charge on any atom is 0.419 e. The normalized spacial score (nSPS) is 18.0. The van der Waals surface area contributed by atoms with E-state index >= 15 is 0 Å². The predicted octanol–water partition coefficient (Wildman–Crippen LogP) is 1.61. The van der Waals surface area contributed by atoms with Gasteiger partial charge in [0.15, 0.2) is 0 Å². The number of para-hydroxylation sites is 1. The van der Waals surface area contributed by atoms with Crippen molar-refractivity contribution >= 4 is 18.3 Å². The van der Waals surface area contributed by atoms with Gasteiger partial charge < -0.3 is 20.1 Å². The van der Waals surface area contributed by atoms with Crippen molar-refractivity contribution in [2.75, 3.05) is 32.9 Å². The molecule has 1 atom stereocenters. The molecule has 0 radical (unpaired) electrons. The first-order chi connectivity index (χ1) is 10.5. The molecule has 0 aromatic heterocycles. The first kappa shape index (κ1) is 19.5. The standard InChI is InChI=1S/C14H17F3N2O3.ClH/c15-14(16,17)10-3-1-2-4-12(10)22-8-6-19-13(20)11-9-21-7-5-18-11;/h1-4,11,18H,5-9H2,(H,19,20);1H. The highest BCUT2D eigenvalue weighted by molar-refractivity contribution is 5.85. The van der Waals surface area contributed by atoms with Crippen molar-refractivity contribution in [2.24, 2.45) is 0 Å². The molecule has 1 unspecified atom stereocenters. The SMILES string of the molecule is Cl.O=C(NCCOc1ccccc1C(F)(F)F)C1COCCN1. The molecule has 1 aromatic rings. The van der Waals surface area contributed by atoms with Crippen molar-refractivity contribution in [3.63, 3.8) is 0 Å². The van der Waals surface area contributed by atoms with E-state index in [9.17, 15) is 18.0 Å². The average Bonchev–Trinajstić information content (AvgIpc) is 2.51. The Morgan fingerprint density at radius 2 is 2.13 bits per heavy atom. The number of alkyl halides is 3. The van der Waals surface area contributed by atoms with Crippen LogP contribution in [0.3, 0.4) is 0 Å². The predicted molar refractivity (Wildman–Crippen MR) is 79.8 cm³/mol. The number of carbonyl (C=O) groups excluding carboxylic acids is 1. The van der Waals surface area contributed by atoms with Gasteiger partial charge in [0.05, 0.1) is 25.3 Å². The molecule has 130 valence electrons. The van der Waals surface area contributed by atoms with Crippen LogP contribution in [0.5, 0.6) is 5.75 Å². The number of hydrogen-bond donors (Lipinski definition) is 2. The second-order valence-corrected chi connectivity index (χ2v) is 4.72. The van der Waals surface area contributed by atoms with Gasteiger partial charge >= 0.3 is 6.18 Å². The van der Waals surface area contributed by atoms with Crippen LogP contribution in [0.4, 0.5) is 13.2 Å². The van der Waals surface area contributed by atoms with Crippen LogP contribution in [0.2, 0.25) is 0 Å². The van der Waals surface area contributed by atoms with E-state index in [0.29, 0.717) is 13.2 Å². The number of amides is 1. The number of rotatable bonds is 5. The smallest absolute Gasteiger partial charge is 0.419 e. The Balaban J connectivity index is 0.00000264. The van der Waals surface area contributed by atoms with Gasteiger partial charge in [0.2, 0.25) is 5.91 Å². The summed E-state index contributed by atoms with van der Waals surface area (Å²) in [5.41, 5.74) is -0.830. The van der Waals surface area contributed by atoms with Crippen LogP contribution in [-0.2, 0) is 15.7 Å². The third-order valence-electron chi connectivity index (χ3n) is 3.09. The molecule has 2 N–H and O–H groups in total. The molecule has 0 bridgehead atoms. The van der Waals surface area contributed by atoms with Crippen LogP contribution >= 0.6 is 12.4 Å². The fraction of sp³-hybridized carbons (Fsp3) is 0.500. The molecule has 0 aliphatic carbocycles. The summed E-state index contributed by atoms with van der Waals surface area (Å²) in [5.74, 6) is -0.504. The van der Waals surface area contributed by atoms with E-state index < -0.39 is 17.8 Å². The van der Waals surface area contributed by atoms with Gasteiger partial charge in [-0.05, 0) is 12.1 Å². The topological polar surface area (TPSA) is 59.6 Å². The van der Waals surface area contributed by atoms with Gasteiger partial charge in [-0.1, -0.05) is 12.1 Å². The third-order valence-corrected chi connectivity index (χ3v) is 3.09. The van der Waals surface area contributed by atoms with Crippen LogP contribution in [-0.4, -0.2) is 44.9 Å². The highest BCUT2D eigenvalue weighted by Crippen LogP contribution is 2.35. The third kappa shape index (κ3) is 5.89. The number of halogens is 4. The summed E-state index contributed by atoms with van der Waals surface area (Å²) in [6.45, 7) is 1.49. The van der Waals surface area contributed by atoms with E-state index in [0.717, 1.165) is 6.07 Å². The van der Waals surface area contributed by atoms with Crippen molar-refractivity contribution in [1.82, 2.24) is 10.6 Å². The molecule has 5 nitrogen and oxygen atoms in total. The van der Waals surface area contributed by atoms with Crippen molar-refractivity contribution in [3.8, 4) is 5.75 Å².